The topological polar surface area (TPSA) is 29.9 Å². The SMILES string of the molecule is FC(F)c1cnn(-c2ccccc2C(F)(F)F)c1C1=CCC12CCNCC2. The predicted octanol–water partition coefficient (Wildman–Crippen LogP) is 4.99. The van der Waals surface area contributed by atoms with Gasteiger partial charge < -0.3 is 5.32 Å². The monoisotopic (exact) mass is 383 g/mol. The zero-order chi connectivity index (χ0) is 19.2. The Hall–Kier alpha value is -2.22. The first-order valence-electron chi connectivity index (χ1n) is 8.78. The van der Waals surface area contributed by atoms with Gasteiger partial charge in [0.15, 0.2) is 0 Å². The number of para-hydroxylation sites is 1. The molecule has 0 radical (unpaired) electrons. The molecule has 1 aromatic carbocycles. The molecule has 2 aromatic rings. The molecule has 0 amide bonds. The van der Waals surface area contributed by atoms with Crippen LogP contribution in [0, 0.1) is 5.41 Å². The molecule has 3 nitrogen and oxygen atoms in total. The summed E-state index contributed by atoms with van der Waals surface area (Å²) in [6.07, 6.45) is -2.29. The average Bonchev–Trinajstić information content (AvgIpc) is 3.05. The summed E-state index contributed by atoms with van der Waals surface area (Å²) >= 11 is 0. The minimum atomic E-state index is -4.61. The van der Waals surface area contributed by atoms with Gasteiger partial charge in [-0.25, -0.2) is 13.5 Å². The molecule has 2 aliphatic rings. The lowest BCUT2D eigenvalue weighted by atomic mass is 9.62. The van der Waals surface area contributed by atoms with Gasteiger partial charge in [0.2, 0.25) is 0 Å². The molecule has 0 unspecified atom stereocenters. The highest BCUT2D eigenvalue weighted by atomic mass is 19.4. The minimum Gasteiger partial charge on any atom is -0.317 e. The van der Waals surface area contributed by atoms with Crippen LogP contribution in [0.25, 0.3) is 11.3 Å². The van der Waals surface area contributed by atoms with Gasteiger partial charge in [-0.15, -0.1) is 0 Å². The van der Waals surface area contributed by atoms with Crippen LogP contribution >= 0.6 is 0 Å². The number of piperidine rings is 1. The lowest BCUT2D eigenvalue weighted by Crippen LogP contribution is -2.41. The quantitative estimate of drug-likeness (QED) is 0.757. The van der Waals surface area contributed by atoms with Crippen LogP contribution in [0.2, 0.25) is 0 Å². The van der Waals surface area contributed by atoms with E-state index in [0.717, 1.165) is 49.3 Å². The van der Waals surface area contributed by atoms with Crippen LogP contribution in [0.1, 0.15) is 42.5 Å². The molecule has 1 fully saturated rings. The van der Waals surface area contributed by atoms with Crippen molar-refractivity contribution in [2.75, 3.05) is 13.1 Å². The second kappa shape index (κ2) is 6.44. The van der Waals surface area contributed by atoms with Gasteiger partial charge in [-0.3, -0.25) is 0 Å². The summed E-state index contributed by atoms with van der Waals surface area (Å²) in [7, 11) is 0. The molecule has 1 N–H and O–H groups in total. The Balaban J connectivity index is 1.88. The normalized spacial score (nSPS) is 19.3. The molecule has 0 atom stereocenters. The number of benzene rings is 1. The van der Waals surface area contributed by atoms with Crippen molar-refractivity contribution in [1.82, 2.24) is 15.1 Å². The maximum Gasteiger partial charge on any atom is 0.418 e. The standard InChI is InChI=1S/C19H18F5N3/c20-17(21)12-11-26-27(15-4-2-1-3-13(15)19(22,23)24)16(12)14-5-6-18(14)7-9-25-10-8-18/h1-5,11,17,25H,6-10H2. The Morgan fingerprint density at radius 2 is 1.81 bits per heavy atom. The molecule has 8 heteroatoms. The maximum atomic E-state index is 13.7. The first kappa shape index (κ1) is 18.2. The van der Waals surface area contributed by atoms with Crippen molar-refractivity contribution in [3.63, 3.8) is 0 Å². The van der Waals surface area contributed by atoms with Gasteiger partial charge in [0.05, 0.1) is 28.7 Å². The maximum absolute atomic E-state index is 13.7. The molecule has 1 aromatic heterocycles. The number of aromatic nitrogens is 2. The van der Waals surface area contributed by atoms with Crippen molar-refractivity contribution < 1.29 is 22.0 Å². The van der Waals surface area contributed by atoms with E-state index in [1.807, 2.05) is 6.08 Å². The minimum absolute atomic E-state index is 0.106. The van der Waals surface area contributed by atoms with Crippen LogP contribution in [0.3, 0.4) is 0 Å². The van der Waals surface area contributed by atoms with Gasteiger partial charge in [-0.05, 0) is 50.1 Å². The van der Waals surface area contributed by atoms with E-state index in [4.69, 9.17) is 0 Å². The highest BCUT2D eigenvalue weighted by molar-refractivity contribution is 5.77. The van der Waals surface area contributed by atoms with E-state index in [1.165, 1.54) is 18.2 Å². The van der Waals surface area contributed by atoms with Crippen LogP contribution in [-0.4, -0.2) is 22.9 Å². The summed E-state index contributed by atoms with van der Waals surface area (Å²) in [6, 6.07) is 4.94. The van der Waals surface area contributed by atoms with Crippen LogP contribution in [0.15, 0.2) is 36.5 Å². The summed E-state index contributed by atoms with van der Waals surface area (Å²) < 4.78 is 68.7. The lowest BCUT2D eigenvalue weighted by Gasteiger charge is -2.45. The third-order valence-electron chi connectivity index (χ3n) is 5.55. The number of halogens is 5. The van der Waals surface area contributed by atoms with E-state index >= 15 is 0 Å². The zero-order valence-corrected chi connectivity index (χ0v) is 14.4. The molecule has 1 aliphatic heterocycles. The van der Waals surface area contributed by atoms with Gasteiger partial charge >= 0.3 is 6.18 Å². The van der Waals surface area contributed by atoms with E-state index < -0.39 is 18.2 Å². The van der Waals surface area contributed by atoms with Crippen molar-refractivity contribution in [1.29, 1.82) is 0 Å². The molecule has 1 spiro atoms. The van der Waals surface area contributed by atoms with E-state index in [9.17, 15) is 22.0 Å². The van der Waals surface area contributed by atoms with Crippen molar-refractivity contribution >= 4 is 5.57 Å². The predicted molar refractivity (Wildman–Crippen MR) is 90.7 cm³/mol. The number of alkyl halides is 5. The Bertz CT molecular complexity index is 876. The highest BCUT2D eigenvalue weighted by Crippen LogP contribution is 2.54. The second-order valence-electron chi connectivity index (χ2n) is 7.03. The fourth-order valence-corrected chi connectivity index (χ4v) is 4.09. The highest BCUT2D eigenvalue weighted by Gasteiger charge is 2.44. The number of nitrogens with zero attached hydrogens (tertiary/aromatic N) is 2. The molecular weight excluding hydrogens is 365 g/mol. The fourth-order valence-electron chi connectivity index (χ4n) is 4.09. The van der Waals surface area contributed by atoms with Crippen molar-refractivity contribution in [2.24, 2.45) is 5.41 Å². The summed E-state index contributed by atoms with van der Waals surface area (Å²) in [4.78, 5) is 0. The Morgan fingerprint density at radius 1 is 1.11 bits per heavy atom. The largest absolute Gasteiger partial charge is 0.418 e. The molecule has 2 heterocycles. The third-order valence-corrected chi connectivity index (χ3v) is 5.55. The summed E-state index contributed by atoms with van der Waals surface area (Å²) in [5.74, 6) is 0. The van der Waals surface area contributed by atoms with Crippen molar-refractivity contribution in [3.8, 4) is 5.69 Å². The van der Waals surface area contributed by atoms with Crippen molar-refractivity contribution in [2.45, 2.75) is 31.9 Å². The average molecular weight is 383 g/mol. The molecule has 1 aliphatic carbocycles. The van der Waals surface area contributed by atoms with Crippen LogP contribution in [0.4, 0.5) is 22.0 Å². The molecule has 0 saturated carbocycles. The smallest absolute Gasteiger partial charge is 0.317 e. The van der Waals surface area contributed by atoms with Gasteiger partial charge in [0.25, 0.3) is 6.43 Å². The third kappa shape index (κ3) is 2.96. The van der Waals surface area contributed by atoms with E-state index in [-0.39, 0.29) is 22.4 Å². The fraction of sp³-hybridized carbons (Fsp3) is 0.421. The van der Waals surface area contributed by atoms with Gasteiger partial charge in [0, 0.05) is 5.41 Å². The van der Waals surface area contributed by atoms with E-state index in [1.54, 1.807) is 0 Å². The number of hydrogen-bond donors (Lipinski definition) is 1. The Labute approximate surface area is 152 Å². The summed E-state index contributed by atoms with van der Waals surface area (Å²) in [6.45, 7) is 1.52. The van der Waals surface area contributed by atoms with Crippen LogP contribution in [-0.2, 0) is 6.18 Å². The van der Waals surface area contributed by atoms with Gasteiger partial charge in [-0.2, -0.15) is 18.3 Å². The second-order valence-corrected chi connectivity index (χ2v) is 7.03. The molecule has 4 rings (SSSR count). The summed E-state index contributed by atoms with van der Waals surface area (Å²) in [5, 5.41) is 7.18. The van der Waals surface area contributed by atoms with Gasteiger partial charge in [-0.1, -0.05) is 18.2 Å². The van der Waals surface area contributed by atoms with E-state index in [2.05, 4.69) is 10.4 Å². The number of allylic oxidation sites excluding steroid dienone is 2. The van der Waals surface area contributed by atoms with Crippen molar-refractivity contribution in [3.05, 3.63) is 53.4 Å². The Morgan fingerprint density at radius 3 is 2.41 bits per heavy atom. The number of hydrogen-bond acceptors (Lipinski definition) is 2. The molecule has 144 valence electrons. The zero-order valence-electron chi connectivity index (χ0n) is 14.4. The van der Waals surface area contributed by atoms with Crippen LogP contribution in [0.5, 0.6) is 0 Å². The van der Waals surface area contributed by atoms with Gasteiger partial charge in [0.1, 0.15) is 0 Å². The molecule has 1 saturated heterocycles. The number of rotatable bonds is 3. The first-order chi connectivity index (χ1) is 12.8. The number of nitrogens with one attached hydrogen (secondary N) is 1. The molecule has 0 bridgehead atoms. The van der Waals surface area contributed by atoms with Crippen LogP contribution < -0.4 is 5.32 Å². The molecule has 27 heavy (non-hydrogen) atoms. The molecular formula is C19H18F5N3. The summed E-state index contributed by atoms with van der Waals surface area (Å²) in [5.41, 5.74) is -0.919. The van der Waals surface area contributed by atoms with E-state index in [0.29, 0.717) is 5.57 Å². The Kier molecular flexibility index (Phi) is 4.33. The first-order valence-corrected chi connectivity index (χ1v) is 8.78. The lowest BCUT2D eigenvalue weighted by molar-refractivity contribution is -0.137.